The van der Waals surface area contributed by atoms with Crippen molar-refractivity contribution in [2.24, 2.45) is 41.4 Å². The van der Waals surface area contributed by atoms with Crippen LogP contribution in [0.15, 0.2) is 11.5 Å². The van der Waals surface area contributed by atoms with E-state index in [0.29, 0.717) is 50.4 Å². The number of rotatable bonds is 10. The zero-order valence-electron chi connectivity index (χ0n) is 25.8. The van der Waals surface area contributed by atoms with E-state index >= 15 is 0 Å². The molecule has 10 nitrogen and oxygen atoms in total. The second kappa shape index (κ2) is 12.5. The molecule has 0 radical (unpaired) electrons. The third-order valence-electron chi connectivity index (χ3n) is 9.99. The zero-order valence-corrected chi connectivity index (χ0v) is 26.6. The van der Waals surface area contributed by atoms with Gasteiger partial charge in [0.25, 0.3) is 0 Å². The minimum Gasteiger partial charge on any atom is -0.348 e. The zero-order chi connectivity index (χ0) is 30.3. The molecule has 6 aliphatic rings. The number of amides is 2. The molecular weight excluding hydrogens is 560 g/mol. The third kappa shape index (κ3) is 7.22. The Morgan fingerprint density at radius 3 is 1.88 bits per heavy atom. The molecule has 6 fully saturated rings. The molecule has 0 aromatic heterocycles. The van der Waals surface area contributed by atoms with Gasteiger partial charge in [0.05, 0.1) is 0 Å². The molecule has 1 heterocycles. The van der Waals surface area contributed by atoms with Gasteiger partial charge in [0.1, 0.15) is 6.04 Å². The summed E-state index contributed by atoms with van der Waals surface area (Å²) < 4.78 is 23.3. The maximum Gasteiger partial charge on any atom is 0.243 e. The van der Waals surface area contributed by atoms with E-state index in [2.05, 4.69) is 10.6 Å². The van der Waals surface area contributed by atoms with E-state index in [1.54, 1.807) is 0 Å². The van der Waals surface area contributed by atoms with Gasteiger partial charge in [-0.25, -0.2) is 8.42 Å². The lowest BCUT2D eigenvalue weighted by atomic mass is 9.53. The predicted molar refractivity (Wildman–Crippen MR) is 156 cm³/mol. The molecule has 2 amide bonds. The van der Waals surface area contributed by atoms with Gasteiger partial charge in [-0.3, -0.25) is 9.59 Å². The Balaban J connectivity index is 1.15. The van der Waals surface area contributed by atoms with Gasteiger partial charge in [-0.2, -0.15) is 19.6 Å². The first-order valence-corrected chi connectivity index (χ1v) is 17.9. The van der Waals surface area contributed by atoms with Crippen molar-refractivity contribution in [3.8, 4) is 0 Å². The van der Waals surface area contributed by atoms with E-state index in [1.807, 2.05) is 27.7 Å². The number of hydrogen-bond acceptors (Lipinski definition) is 8. The minimum absolute atomic E-state index is 0.168. The summed E-state index contributed by atoms with van der Waals surface area (Å²) >= 11 is 0. The first-order valence-electron chi connectivity index (χ1n) is 16.0. The van der Waals surface area contributed by atoms with E-state index in [9.17, 15) is 18.0 Å². The van der Waals surface area contributed by atoms with Crippen LogP contribution in [0.2, 0.25) is 0 Å². The van der Waals surface area contributed by atoms with Gasteiger partial charge in [-0.1, -0.05) is 33.8 Å². The molecule has 238 valence electrons. The molecule has 6 rings (SSSR count). The van der Waals surface area contributed by atoms with Gasteiger partial charge in [0.2, 0.25) is 23.4 Å². The normalized spacial score (nSPS) is 37.5. The molecular formula is C31H50N2O8S. The molecule has 0 aromatic carbocycles. The highest BCUT2D eigenvalue weighted by molar-refractivity contribution is 7.93. The maximum atomic E-state index is 13.4. The molecule has 5 aliphatic carbocycles. The topological polar surface area (TPSA) is 129 Å². The molecule has 2 atom stereocenters. The minimum atomic E-state index is -3.33. The fraction of sp³-hybridized carbons (Fsp3) is 0.871. The fourth-order valence-corrected chi connectivity index (χ4v) is 8.59. The van der Waals surface area contributed by atoms with Crippen molar-refractivity contribution >= 4 is 21.7 Å². The van der Waals surface area contributed by atoms with Gasteiger partial charge in [-0.05, 0) is 81.5 Å². The summed E-state index contributed by atoms with van der Waals surface area (Å²) in [5.74, 6) is -0.0385. The highest BCUT2D eigenvalue weighted by Gasteiger charge is 2.64. The van der Waals surface area contributed by atoms with Crippen molar-refractivity contribution < 1.29 is 37.6 Å². The lowest BCUT2D eigenvalue weighted by Crippen LogP contribution is -2.65. The lowest BCUT2D eigenvalue weighted by Gasteiger charge is -2.60. The summed E-state index contributed by atoms with van der Waals surface area (Å²) in [7, 11) is -3.33. The van der Waals surface area contributed by atoms with Gasteiger partial charge >= 0.3 is 0 Å². The Labute approximate surface area is 250 Å². The first kappa shape index (κ1) is 31.9. The number of sulfone groups is 1. The van der Waals surface area contributed by atoms with E-state index in [1.165, 1.54) is 12.5 Å². The van der Waals surface area contributed by atoms with Crippen LogP contribution in [0.5, 0.6) is 0 Å². The van der Waals surface area contributed by atoms with E-state index < -0.39 is 33.5 Å². The Hall–Kier alpha value is -1.53. The summed E-state index contributed by atoms with van der Waals surface area (Å²) in [4.78, 5) is 51.0. The highest BCUT2D eigenvalue weighted by Crippen LogP contribution is 2.61. The summed E-state index contributed by atoms with van der Waals surface area (Å²) in [5.41, 5.74) is 0. The van der Waals surface area contributed by atoms with Crippen LogP contribution in [0.25, 0.3) is 0 Å². The highest BCUT2D eigenvalue weighted by atomic mass is 32.2. The van der Waals surface area contributed by atoms with Crippen molar-refractivity contribution in [1.29, 1.82) is 0 Å². The molecule has 2 N–H and O–H groups in total. The van der Waals surface area contributed by atoms with E-state index in [-0.39, 0.29) is 29.6 Å². The maximum absolute atomic E-state index is 13.4. The van der Waals surface area contributed by atoms with E-state index in [0.717, 1.165) is 49.2 Å². The SMILES string of the molecule is CC(C)C[C@@H](/C=C/S(C)(=O)=O)NC(=O)[C@H](CC(C)C)NC(=O)C1CCC2(CC1)OOC1(OO2)C2CC3CC(C2)CC1C3. The summed E-state index contributed by atoms with van der Waals surface area (Å²) in [6, 6.07) is -1.17. The van der Waals surface area contributed by atoms with Crippen LogP contribution < -0.4 is 10.6 Å². The average molecular weight is 611 g/mol. The quantitative estimate of drug-likeness (QED) is 0.345. The van der Waals surface area contributed by atoms with Gasteiger partial charge in [-0.15, -0.1) is 0 Å². The summed E-state index contributed by atoms with van der Waals surface area (Å²) in [6.07, 6.45) is 11.4. The van der Waals surface area contributed by atoms with Gasteiger partial charge < -0.3 is 10.6 Å². The van der Waals surface area contributed by atoms with Crippen LogP contribution in [0.1, 0.15) is 98.3 Å². The van der Waals surface area contributed by atoms with Crippen molar-refractivity contribution in [2.45, 2.75) is 122 Å². The first-order chi connectivity index (χ1) is 19.8. The van der Waals surface area contributed by atoms with Crippen LogP contribution in [0, 0.1) is 41.4 Å². The number of carbonyl (C=O) groups excluding carboxylic acids is 2. The van der Waals surface area contributed by atoms with Crippen LogP contribution in [-0.2, 0) is 39.0 Å². The molecule has 5 saturated carbocycles. The number of carbonyl (C=O) groups is 2. The molecule has 1 saturated heterocycles. The third-order valence-corrected chi connectivity index (χ3v) is 10.6. The van der Waals surface area contributed by atoms with Crippen LogP contribution >= 0.6 is 0 Å². The second-order valence-electron chi connectivity index (χ2n) is 14.6. The lowest BCUT2D eigenvalue weighted by molar-refractivity contribution is -0.680. The number of nitrogens with one attached hydrogen (secondary N) is 2. The van der Waals surface area contributed by atoms with Gasteiger partial charge in [0.15, 0.2) is 9.84 Å². The summed E-state index contributed by atoms with van der Waals surface area (Å²) in [5, 5.41) is 7.06. The average Bonchev–Trinajstić information content (AvgIpc) is 2.90. The van der Waals surface area contributed by atoms with Crippen molar-refractivity contribution in [3.05, 3.63) is 11.5 Å². The monoisotopic (exact) mass is 610 g/mol. The van der Waals surface area contributed by atoms with Crippen LogP contribution in [0.4, 0.5) is 0 Å². The largest absolute Gasteiger partial charge is 0.348 e. The molecule has 0 unspecified atom stereocenters. The molecule has 4 bridgehead atoms. The second-order valence-corrected chi connectivity index (χ2v) is 16.6. The Bertz CT molecular complexity index is 1090. The summed E-state index contributed by atoms with van der Waals surface area (Å²) in [6.45, 7) is 8.02. The molecule has 2 spiro atoms. The van der Waals surface area contributed by atoms with Crippen molar-refractivity contribution in [2.75, 3.05) is 6.26 Å². The number of hydrogen-bond donors (Lipinski definition) is 2. The smallest absolute Gasteiger partial charge is 0.243 e. The molecule has 1 aliphatic heterocycles. The van der Waals surface area contributed by atoms with Gasteiger partial charge in [0, 0.05) is 48.3 Å². The standard InChI is InChI=1S/C31H50N2O8S/c1-19(2)12-26(8-11-42(5,36)37)32-29(35)27(13-20(3)4)33-28(34)23-6-9-30(10-7-23)38-40-31(41-39-30)24-15-21-14-22(17-24)18-25(31)16-21/h8,11,19-27H,6-7,9-10,12-18H2,1-5H3,(H,32,35)(H,33,34)/b11-8+/t21?,22?,23?,24?,25?,26-,27+,30?,31?/m1/s1. The molecule has 0 aromatic rings. The van der Waals surface area contributed by atoms with E-state index in [4.69, 9.17) is 19.6 Å². The Kier molecular flexibility index (Phi) is 9.46. The van der Waals surface area contributed by atoms with Crippen molar-refractivity contribution in [1.82, 2.24) is 10.6 Å². The molecule has 11 heteroatoms. The Morgan fingerprint density at radius 1 is 0.833 bits per heavy atom. The van der Waals surface area contributed by atoms with Crippen molar-refractivity contribution in [3.63, 3.8) is 0 Å². The molecule has 42 heavy (non-hydrogen) atoms. The Morgan fingerprint density at radius 2 is 1.38 bits per heavy atom. The van der Waals surface area contributed by atoms with Crippen LogP contribution in [-0.4, -0.2) is 50.1 Å². The predicted octanol–water partition coefficient (Wildman–Crippen LogP) is 4.56. The van der Waals surface area contributed by atoms with Crippen LogP contribution in [0.3, 0.4) is 0 Å². The fourth-order valence-electron chi connectivity index (χ4n) is 8.12.